The van der Waals surface area contributed by atoms with E-state index in [2.05, 4.69) is 0 Å². The molecule has 1 N–H and O–H groups in total. The standard InChI is InChI=1S/C3H7O2.Li/c1-2-3(4)5;/h3-4H,2H2,1H3;/q-1;+1. The molecule has 6 heavy (non-hydrogen) atoms. The maximum Gasteiger partial charge on any atom is 1.00 e. The molecule has 0 aromatic carbocycles. The van der Waals surface area contributed by atoms with E-state index in [1.165, 1.54) is 0 Å². The second-order valence-corrected chi connectivity index (χ2v) is 0.863. The van der Waals surface area contributed by atoms with Gasteiger partial charge in [-0.05, 0) is 12.7 Å². The summed E-state index contributed by atoms with van der Waals surface area (Å²) in [6, 6.07) is 0. The molecule has 0 bridgehead atoms. The molecular formula is C3H7LiO2. The minimum Gasteiger partial charge on any atom is -0.831 e. The van der Waals surface area contributed by atoms with Gasteiger partial charge in [-0.3, -0.25) is 0 Å². The third-order valence-corrected chi connectivity index (χ3v) is 0.349. The van der Waals surface area contributed by atoms with E-state index >= 15 is 0 Å². The Morgan fingerprint density at radius 3 is 2.00 bits per heavy atom. The van der Waals surface area contributed by atoms with E-state index in [9.17, 15) is 5.11 Å². The first-order valence-corrected chi connectivity index (χ1v) is 1.61. The van der Waals surface area contributed by atoms with Gasteiger partial charge in [-0.15, -0.1) is 0 Å². The van der Waals surface area contributed by atoms with Crippen LogP contribution in [0.3, 0.4) is 0 Å². The molecule has 0 aliphatic carbocycles. The Morgan fingerprint density at radius 1 is 1.83 bits per heavy atom. The van der Waals surface area contributed by atoms with Crippen LogP contribution in [-0.2, 0) is 0 Å². The Bertz CT molecular complexity index is 22.8. The van der Waals surface area contributed by atoms with E-state index in [1.807, 2.05) is 0 Å². The smallest absolute Gasteiger partial charge is 0.831 e. The summed E-state index contributed by atoms with van der Waals surface area (Å²) in [4.78, 5) is 0. The summed E-state index contributed by atoms with van der Waals surface area (Å²) >= 11 is 0. The van der Waals surface area contributed by atoms with E-state index in [0.29, 0.717) is 6.42 Å². The third-order valence-electron chi connectivity index (χ3n) is 0.349. The Balaban J connectivity index is 0. The quantitative estimate of drug-likeness (QED) is 0.259. The van der Waals surface area contributed by atoms with Crippen molar-refractivity contribution in [2.45, 2.75) is 19.6 Å². The van der Waals surface area contributed by atoms with Crippen molar-refractivity contribution in [1.82, 2.24) is 0 Å². The minimum absolute atomic E-state index is 0. The third kappa shape index (κ3) is 8.82. The van der Waals surface area contributed by atoms with Crippen LogP contribution in [0.1, 0.15) is 13.3 Å². The van der Waals surface area contributed by atoms with Gasteiger partial charge in [0, 0.05) is 0 Å². The molecule has 0 aromatic rings. The molecule has 0 spiro atoms. The van der Waals surface area contributed by atoms with Crippen molar-refractivity contribution in [3.8, 4) is 0 Å². The average molecular weight is 82.0 g/mol. The zero-order chi connectivity index (χ0) is 4.28. The minimum atomic E-state index is -1.37. The van der Waals surface area contributed by atoms with Crippen LogP contribution < -0.4 is 24.0 Å². The maximum atomic E-state index is 9.45. The second-order valence-electron chi connectivity index (χ2n) is 0.863. The molecule has 3 heteroatoms. The normalized spacial score (nSPS) is 12.5. The molecule has 0 saturated heterocycles. The Morgan fingerprint density at radius 2 is 2.00 bits per heavy atom. The number of hydrogen-bond acceptors (Lipinski definition) is 2. The summed E-state index contributed by atoms with van der Waals surface area (Å²) in [5.74, 6) is 0. The first-order valence-electron chi connectivity index (χ1n) is 1.61. The van der Waals surface area contributed by atoms with E-state index in [1.54, 1.807) is 6.92 Å². The first kappa shape index (κ1) is 9.72. The molecule has 0 radical (unpaired) electrons. The molecule has 32 valence electrons. The Labute approximate surface area is 49.4 Å². The molecule has 1 atom stereocenters. The predicted molar refractivity (Wildman–Crippen MR) is 16.3 cm³/mol. The van der Waals surface area contributed by atoms with Crippen molar-refractivity contribution < 1.29 is 29.1 Å². The summed E-state index contributed by atoms with van der Waals surface area (Å²) in [6.07, 6.45) is -1.06. The van der Waals surface area contributed by atoms with Crippen LogP contribution >= 0.6 is 0 Å². The molecule has 0 saturated carbocycles. The fourth-order valence-electron chi connectivity index (χ4n) is 0. The van der Waals surface area contributed by atoms with Gasteiger partial charge in [-0.2, -0.15) is 0 Å². The number of aliphatic hydroxyl groups is 1. The zero-order valence-corrected chi connectivity index (χ0v) is 4.14. The molecule has 0 aromatic heterocycles. The van der Waals surface area contributed by atoms with Crippen LogP contribution in [-0.4, -0.2) is 11.4 Å². The van der Waals surface area contributed by atoms with Gasteiger partial charge in [0.15, 0.2) is 0 Å². The van der Waals surface area contributed by atoms with E-state index in [0.717, 1.165) is 0 Å². The number of hydrogen-bond donors (Lipinski definition) is 1. The average Bonchev–Trinajstić information content (AvgIpc) is 1.38. The van der Waals surface area contributed by atoms with Crippen molar-refractivity contribution in [2.24, 2.45) is 0 Å². The van der Waals surface area contributed by atoms with Gasteiger partial charge >= 0.3 is 18.9 Å². The Hall–Kier alpha value is 0.517. The van der Waals surface area contributed by atoms with Crippen LogP contribution in [0.25, 0.3) is 0 Å². The van der Waals surface area contributed by atoms with Gasteiger partial charge in [0.1, 0.15) is 0 Å². The van der Waals surface area contributed by atoms with Gasteiger partial charge in [0.25, 0.3) is 0 Å². The van der Waals surface area contributed by atoms with E-state index < -0.39 is 6.29 Å². The largest absolute Gasteiger partial charge is 1.00 e. The van der Waals surface area contributed by atoms with Crippen LogP contribution in [0.5, 0.6) is 0 Å². The zero-order valence-electron chi connectivity index (χ0n) is 4.14. The topological polar surface area (TPSA) is 43.3 Å². The van der Waals surface area contributed by atoms with Crippen molar-refractivity contribution in [3.05, 3.63) is 0 Å². The summed E-state index contributed by atoms with van der Waals surface area (Å²) in [7, 11) is 0. The summed E-state index contributed by atoms with van der Waals surface area (Å²) < 4.78 is 0. The van der Waals surface area contributed by atoms with Gasteiger partial charge < -0.3 is 10.2 Å². The fourth-order valence-corrected chi connectivity index (χ4v) is 0. The predicted octanol–water partition coefficient (Wildman–Crippen LogP) is -3.92. The van der Waals surface area contributed by atoms with Crippen molar-refractivity contribution in [3.63, 3.8) is 0 Å². The SMILES string of the molecule is CCC([O-])O.[Li+]. The molecule has 0 aliphatic rings. The van der Waals surface area contributed by atoms with Gasteiger partial charge in [-0.25, -0.2) is 0 Å². The maximum absolute atomic E-state index is 9.45. The van der Waals surface area contributed by atoms with Crippen LogP contribution in [0, 0.1) is 0 Å². The first-order chi connectivity index (χ1) is 2.27. The number of rotatable bonds is 1. The van der Waals surface area contributed by atoms with Crippen molar-refractivity contribution in [2.75, 3.05) is 0 Å². The molecule has 1 unspecified atom stereocenters. The van der Waals surface area contributed by atoms with Gasteiger partial charge in [0.05, 0.1) is 0 Å². The summed E-state index contributed by atoms with van der Waals surface area (Å²) in [6.45, 7) is 1.64. The molecular weight excluding hydrogens is 75.0 g/mol. The monoisotopic (exact) mass is 82.1 g/mol. The molecule has 0 amide bonds. The molecule has 0 heterocycles. The van der Waals surface area contributed by atoms with Crippen molar-refractivity contribution >= 4 is 0 Å². The Kier molecular flexibility index (Phi) is 8.94. The van der Waals surface area contributed by atoms with Gasteiger partial charge in [-0.1, -0.05) is 6.92 Å². The van der Waals surface area contributed by atoms with Gasteiger partial charge in [0.2, 0.25) is 0 Å². The molecule has 0 aliphatic heterocycles. The van der Waals surface area contributed by atoms with Crippen LogP contribution in [0.4, 0.5) is 0 Å². The molecule has 0 fully saturated rings. The molecule has 0 rings (SSSR count). The van der Waals surface area contributed by atoms with E-state index in [-0.39, 0.29) is 18.9 Å². The van der Waals surface area contributed by atoms with Crippen molar-refractivity contribution in [1.29, 1.82) is 0 Å². The van der Waals surface area contributed by atoms with Crippen LogP contribution in [0.15, 0.2) is 0 Å². The van der Waals surface area contributed by atoms with E-state index in [4.69, 9.17) is 5.11 Å². The van der Waals surface area contributed by atoms with Crippen LogP contribution in [0.2, 0.25) is 0 Å². The fraction of sp³-hybridized carbons (Fsp3) is 1.00. The second kappa shape index (κ2) is 5.52. The number of aliphatic hydroxyl groups excluding tert-OH is 1. The molecule has 2 nitrogen and oxygen atoms in total. The summed E-state index contributed by atoms with van der Waals surface area (Å²) in [5.41, 5.74) is 0. The summed E-state index contributed by atoms with van der Waals surface area (Å²) in [5, 5.41) is 17.3.